The Hall–Kier alpha value is -2.57. The first-order valence-corrected chi connectivity index (χ1v) is 6.92. The molecule has 0 heterocycles. The number of benzene rings is 1. The second-order valence-corrected chi connectivity index (χ2v) is 5.01. The third-order valence-electron chi connectivity index (χ3n) is 3.47. The highest BCUT2D eigenvalue weighted by molar-refractivity contribution is 5.99. The highest BCUT2D eigenvalue weighted by Gasteiger charge is 2.20. The van der Waals surface area contributed by atoms with Crippen LogP contribution in [0, 0.1) is 0 Å². The van der Waals surface area contributed by atoms with Crippen molar-refractivity contribution in [3.05, 3.63) is 29.3 Å². The van der Waals surface area contributed by atoms with E-state index in [1.54, 1.807) is 0 Å². The first kappa shape index (κ1) is 15.8. The lowest BCUT2D eigenvalue weighted by Gasteiger charge is -2.26. The molecule has 2 rings (SSSR count). The van der Waals surface area contributed by atoms with E-state index in [0.29, 0.717) is 5.69 Å². The van der Waals surface area contributed by atoms with Gasteiger partial charge in [-0.2, -0.15) is 0 Å². The summed E-state index contributed by atoms with van der Waals surface area (Å²) in [5, 5.41) is 5.42. The van der Waals surface area contributed by atoms with Crippen LogP contribution in [0.25, 0.3) is 0 Å². The van der Waals surface area contributed by atoms with Crippen molar-refractivity contribution in [3.63, 3.8) is 0 Å². The summed E-state index contributed by atoms with van der Waals surface area (Å²) in [4.78, 5) is 35.2. The van der Waals surface area contributed by atoms with Crippen molar-refractivity contribution in [3.8, 4) is 0 Å². The van der Waals surface area contributed by atoms with E-state index in [9.17, 15) is 14.4 Å². The van der Waals surface area contributed by atoms with Gasteiger partial charge in [-0.3, -0.25) is 0 Å². The topological polar surface area (TPSA) is 93.7 Å². The van der Waals surface area contributed by atoms with E-state index in [4.69, 9.17) is 0 Å². The first-order valence-electron chi connectivity index (χ1n) is 6.92. The van der Waals surface area contributed by atoms with Gasteiger partial charge in [0.2, 0.25) is 0 Å². The van der Waals surface area contributed by atoms with Crippen LogP contribution in [0.1, 0.15) is 40.0 Å². The molecule has 22 heavy (non-hydrogen) atoms. The molecule has 1 fully saturated rings. The van der Waals surface area contributed by atoms with E-state index in [1.807, 2.05) is 0 Å². The number of methoxy groups -OCH3 is 2. The second-order valence-electron chi connectivity index (χ2n) is 5.01. The molecule has 1 saturated carbocycles. The molecule has 7 heteroatoms. The Morgan fingerprint density at radius 1 is 1.00 bits per heavy atom. The molecule has 1 aliphatic rings. The first-order chi connectivity index (χ1) is 10.5. The fraction of sp³-hybridized carbons (Fsp3) is 0.400. The second kappa shape index (κ2) is 6.93. The quantitative estimate of drug-likeness (QED) is 0.829. The molecule has 2 N–H and O–H groups in total. The Labute approximate surface area is 128 Å². The summed E-state index contributed by atoms with van der Waals surface area (Å²) in [5.41, 5.74) is 0.633. The molecule has 2 amide bonds. The van der Waals surface area contributed by atoms with Crippen LogP contribution in [0.3, 0.4) is 0 Å². The summed E-state index contributed by atoms with van der Waals surface area (Å²) in [6.07, 6.45) is 3.03. The monoisotopic (exact) mass is 306 g/mol. The maximum atomic E-state index is 11.9. The number of anilines is 1. The van der Waals surface area contributed by atoms with Crippen molar-refractivity contribution in [1.29, 1.82) is 0 Å². The largest absolute Gasteiger partial charge is 0.465 e. The summed E-state index contributed by atoms with van der Waals surface area (Å²) in [5.74, 6) is -1.21. The summed E-state index contributed by atoms with van der Waals surface area (Å²) in [7, 11) is 2.48. The van der Waals surface area contributed by atoms with E-state index < -0.39 is 11.9 Å². The smallest absolute Gasteiger partial charge is 0.337 e. The molecule has 1 aromatic rings. The number of nitrogens with one attached hydrogen (secondary N) is 2. The van der Waals surface area contributed by atoms with E-state index >= 15 is 0 Å². The number of esters is 2. The zero-order valence-electron chi connectivity index (χ0n) is 12.5. The van der Waals surface area contributed by atoms with Crippen LogP contribution < -0.4 is 10.6 Å². The van der Waals surface area contributed by atoms with Gasteiger partial charge >= 0.3 is 18.0 Å². The van der Waals surface area contributed by atoms with Crippen molar-refractivity contribution < 1.29 is 23.9 Å². The van der Waals surface area contributed by atoms with Gasteiger partial charge in [-0.15, -0.1) is 0 Å². The number of amides is 2. The number of hydrogen-bond acceptors (Lipinski definition) is 5. The predicted octanol–water partition coefficient (Wildman–Crippen LogP) is 1.93. The summed E-state index contributed by atoms with van der Waals surface area (Å²) >= 11 is 0. The SMILES string of the molecule is COC(=O)c1cc(NC(=O)NC2CCC2)cc(C(=O)OC)c1. The van der Waals surface area contributed by atoms with Crippen LogP contribution in [0.4, 0.5) is 10.5 Å². The normalized spacial score (nSPS) is 13.7. The van der Waals surface area contributed by atoms with Crippen LogP contribution >= 0.6 is 0 Å². The van der Waals surface area contributed by atoms with Gasteiger partial charge < -0.3 is 20.1 Å². The maximum Gasteiger partial charge on any atom is 0.337 e. The van der Waals surface area contributed by atoms with Crippen LogP contribution in [-0.2, 0) is 9.47 Å². The van der Waals surface area contributed by atoms with Crippen molar-refractivity contribution in [2.45, 2.75) is 25.3 Å². The van der Waals surface area contributed by atoms with Crippen LogP contribution in [0.5, 0.6) is 0 Å². The minimum absolute atomic E-state index is 0.157. The average molecular weight is 306 g/mol. The lowest BCUT2D eigenvalue weighted by Crippen LogP contribution is -2.41. The molecule has 0 aromatic heterocycles. The highest BCUT2D eigenvalue weighted by Crippen LogP contribution is 2.19. The number of urea groups is 1. The van der Waals surface area contributed by atoms with Gasteiger partial charge in [-0.1, -0.05) is 0 Å². The molecule has 0 saturated heterocycles. The van der Waals surface area contributed by atoms with Gasteiger partial charge in [-0.25, -0.2) is 14.4 Å². The molecular weight excluding hydrogens is 288 g/mol. The zero-order valence-corrected chi connectivity index (χ0v) is 12.5. The van der Waals surface area contributed by atoms with Crippen molar-refractivity contribution in [1.82, 2.24) is 5.32 Å². The summed E-state index contributed by atoms with van der Waals surface area (Å²) in [6.45, 7) is 0. The lowest BCUT2D eigenvalue weighted by molar-refractivity contribution is 0.0599. The Bertz CT molecular complexity index is 561. The molecule has 1 aromatic carbocycles. The van der Waals surface area contributed by atoms with E-state index in [2.05, 4.69) is 20.1 Å². The number of ether oxygens (including phenoxy) is 2. The molecule has 0 atom stereocenters. The zero-order chi connectivity index (χ0) is 16.1. The minimum Gasteiger partial charge on any atom is -0.465 e. The van der Waals surface area contributed by atoms with Gasteiger partial charge in [0.25, 0.3) is 0 Å². The standard InChI is InChI=1S/C15H18N2O5/c1-21-13(18)9-6-10(14(19)22-2)8-12(7-9)17-15(20)16-11-4-3-5-11/h6-8,11H,3-5H2,1-2H3,(H2,16,17,20). The Balaban J connectivity index is 2.18. The fourth-order valence-electron chi connectivity index (χ4n) is 2.08. The average Bonchev–Trinajstić information content (AvgIpc) is 2.48. The minimum atomic E-state index is -0.604. The van der Waals surface area contributed by atoms with Crippen LogP contribution in [0.2, 0.25) is 0 Å². The van der Waals surface area contributed by atoms with E-state index in [-0.39, 0.29) is 23.2 Å². The molecule has 0 radical (unpaired) electrons. The van der Waals surface area contributed by atoms with Gasteiger partial charge in [0, 0.05) is 11.7 Å². The Kier molecular flexibility index (Phi) is 4.98. The number of hydrogen-bond donors (Lipinski definition) is 2. The summed E-state index contributed by atoms with van der Waals surface area (Å²) in [6, 6.07) is 4.05. The molecular formula is C15H18N2O5. The van der Waals surface area contributed by atoms with Crippen molar-refractivity contribution >= 4 is 23.7 Å². The van der Waals surface area contributed by atoms with Gasteiger partial charge in [0.15, 0.2) is 0 Å². The van der Waals surface area contributed by atoms with Crippen molar-refractivity contribution in [2.24, 2.45) is 0 Å². The van der Waals surface area contributed by atoms with Crippen molar-refractivity contribution in [2.75, 3.05) is 19.5 Å². The van der Waals surface area contributed by atoms with E-state index in [1.165, 1.54) is 32.4 Å². The molecule has 0 unspecified atom stereocenters. The van der Waals surface area contributed by atoms with Gasteiger partial charge in [0.1, 0.15) is 0 Å². The fourth-order valence-corrected chi connectivity index (χ4v) is 2.08. The molecule has 7 nitrogen and oxygen atoms in total. The number of carbonyl (C=O) groups is 3. The summed E-state index contributed by atoms with van der Waals surface area (Å²) < 4.78 is 9.27. The lowest BCUT2D eigenvalue weighted by atomic mass is 9.93. The molecule has 0 bridgehead atoms. The molecule has 118 valence electrons. The van der Waals surface area contributed by atoms with E-state index in [0.717, 1.165) is 19.3 Å². The Morgan fingerprint density at radius 3 is 1.95 bits per heavy atom. The molecule has 1 aliphatic carbocycles. The molecule has 0 spiro atoms. The van der Waals surface area contributed by atoms with Gasteiger partial charge in [0.05, 0.1) is 25.3 Å². The van der Waals surface area contributed by atoms with Crippen LogP contribution in [0.15, 0.2) is 18.2 Å². The third-order valence-corrected chi connectivity index (χ3v) is 3.47. The van der Waals surface area contributed by atoms with Gasteiger partial charge in [-0.05, 0) is 37.5 Å². The highest BCUT2D eigenvalue weighted by atomic mass is 16.5. The Morgan fingerprint density at radius 2 is 1.55 bits per heavy atom. The number of rotatable bonds is 4. The third kappa shape index (κ3) is 3.75. The molecule has 0 aliphatic heterocycles. The number of carbonyl (C=O) groups excluding carboxylic acids is 3. The van der Waals surface area contributed by atoms with Crippen LogP contribution in [-0.4, -0.2) is 38.2 Å². The maximum absolute atomic E-state index is 11.9. The predicted molar refractivity (Wildman–Crippen MR) is 78.9 cm³/mol.